The molecule has 3 aromatic rings. The monoisotopic (exact) mass is 433 g/mol. The minimum absolute atomic E-state index is 0.251. The van der Waals surface area contributed by atoms with Gasteiger partial charge in [0.2, 0.25) is 0 Å². The summed E-state index contributed by atoms with van der Waals surface area (Å²) in [5, 5.41) is 18.3. The van der Waals surface area contributed by atoms with Crippen LogP contribution in [0.4, 0.5) is 10.1 Å². The van der Waals surface area contributed by atoms with Gasteiger partial charge in [-0.05, 0) is 60.1 Å². The molecule has 0 unspecified atom stereocenters. The van der Waals surface area contributed by atoms with Gasteiger partial charge in [-0.25, -0.2) is 9.37 Å². The molecular weight excluding hydrogens is 405 g/mol. The SMILES string of the molecule is CCc1cc(O)c(F)cc1-c1ccc(C(=N)c2nc3c([nH]2)CN(CC2CCC2)C3)c(N)c1. The number of hydrogen-bond donors (Lipinski definition) is 4. The fourth-order valence-electron chi connectivity index (χ4n) is 4.74. The van der Waals surface area contributed by atoms with Crippen LogP contribution in [0.15, 0.2) is 30.3 Å². The number of nitrogens with one attached hydrogen (secondary N) is 2. The first-order chi connectivity index (χ1) is 15.4. The number of aromatic nitrogens is 2. The van der Waals surface area contributed by atoms with Crippen molar-refractivity contribution >= 4 is 11.4 Å². The van der Waals surface area contributed by atoms with Crippen molar-refractivity contribution in [3.8, 4) is 16.9 Å². The molecule has 2 aromatic carbocycles. The summed E-state index contributed by atoms with van der Waals surface area (Å²) in [6.07, 6.45) is 4.67. The average molecular weight is 434 g/mol. The van der Waals surface area contributed by atoms with E-state index < -0.39 is 5.82 Å². The second-order valence-electron chi connectivity index (χ2n) is 8.97. The Bertz CT molecular complexity index is 1170. The summed E-state index contributed by atoms with van der Waals surface area (Å²) in [4.78, 5) is 10.4. The molecule has 0 atom stereocenters. The summed E-state index contributed by atoms with van der Waals surface area (Å²) in [5.74, 6) is 0.339. The summed E-state index contributed by atoms with van der Waals surface area (Å²) in [5.41, 5.74) is 12.0. The number of nitrogen functional groups attached to an aromatic ring is 1. The van der Waals surface area contributed by atoms with Crippen LogP contribution in [0.25, 0.3) is 11.1 Å². The highest BCUT2D eigenvalue weighted by molar-refractivity contribution is 6.12. The predicted octanol–water partition coefficient (Wildman–Crippen LogP) is 4.60. The highest BCUT2D eigenvalue weighted by Crippen LogP contribution is 2.33. The number of phenolic OH excluding ortho intramolecular Hbond substituents is 1. The molecule has 2 heterocycles. The first-order valence-electron chi connectivity index (χ1n) is 11.2. The molecule has 6 nitrogen and oxygen atoms in total. The van der Waals surface area contributed by atoms with Crippen LogP contribution in [0.2, 0.25) is 0 Å². The molecule has 1 aromatic heterocycles. The smallest absolute Gasteiger partial charge is 0.165 e. The number of phenols is 1. The zero-order valence-corrected chi connectivity index (χ0v) is 18.2. The molecule has 2 aliphatic rings. The summed E-state index contributed by atoms with van der Waals surface area (Å²) in [6, 6.07) is 8.16. The maximum atomic E-state index is 14.0. The van der Waals surface area contributed by atoms with E-state index in [1.165, 1.54) is 31.4 Å². The molecule has 32 heavy (non-hydrogen) atoms. The predicted molar refractivity (Wildman–Crippen MR) is 123 cm³/mol. The van der Waals surface area contributed by atoms with Crippen LogP contribution in [-0.2, 0) is 19.5 Å². The number of nitrogens with two attached hydrogens (primary N) is 1. The zero-order chi connectivity index (χ0) is 22.4. The number of nitrogens with zero attached hydrogens (tertiary/aromatic N) is 2. The number of hydrogen-bond acceptors (Lipinski definition) is 5. The summed E-state index contributed by atoms with van der Waals surface area (Å²) >= 11 is 0. The van der Waals surface area contributed by atoms with Crippen molar-refractivity contribution in [2.24, 2.45) is 5.92 Å². The number of fused-ring (bicyclic) bond motifs is 1. The lowest BCUT2D eigenvalue weighted by molar-refractivity contribution is 0.177. The Kier molecular flexibility index (Phi) is 5.21. The molecule has 0 amide bonds. The molecule has 0 spiro atoms. The Morgan fingerprint density at radius 3 is 2.75 bits per heavy atom. The summed E-state index contributed by atoms with van der Waals surface area (Å²) in [7, 11) is 0. The Morgan fingerprint density at radius 2 is 2.09 bits per heavy atom. The van der Waals surface area contributed by atoms with Crippen LogP contribution >= 0.6 is 0 Å². The molecule has 7 heteroatoms. The van der Waals surface area contributed by atoms with E-state index >= 15 is 0 Å². The molecule has 1 aliphatic heterocycles. The lowest BCUT2D eigenvalue weighted by atomic mass is 9.85. The topological polar surface area (TPSA) is 102 Å². The number of H-pyrrole nitrogens is 1. The Hall–Kier alpha value is -3.19. The van der Waals surface area contributed by atoms with Gasteiger partial charge in [-0.15, -0.1) is 0 Å². The molecule has 1 aliphatic carbocycles. The standard InChI is InChI=1S/C25H28FN5O/c1-2-15-9-23(32)19(26)10-18(15)16-6-7-17(20(27)8-16)24(28)25-29-21-12-31(13-22(21)30-25)11-14-4-3-5-14/h6-10,14,28,32H,2-5,11-13,27H2,1H3,(H,29,30). The Morgan fingerprint density at radius 1 is 1.28 bits per heavy atom. The maximum absolute atomic E-state index is 14.0. The second kappa shape index (κ2) is 8.06. The molecular formula is C25H28FN5O. The quantitative estimate of drug-likeness (QED) is 0.337. The zero-order valence-electron chi connectivity index (χ0n) is 18.2. The van der Waals surface area contributed by atoms with E-state index in [2.05, 4.69) is 14.9 Å². The molecule has 5 N–H and O–H groups in total. The van der Waals surface area contributed by atoms with Gasteiger partial charge in [-0.3, -0.25) is 10.3 Å². The molecule has 1 saturated carbocycles. The van der Waals surface area contributed by atoms with Crippen molar-refractivity contribution in [1.29, 1.82) is 5.41 Å². The van der Waals surface area contributed by atoms with Gasteiger partial charge in [0.25, 0.3) is 0 Å². The number of aromatic hydroxyl groups is 1. The molecule has 0 saturated heterocycles. The van der Waals surface area contributed by atoms with Crippen LogP contribution in [0.3, 0.4) is 0 Å². The van der Waals surface area contributed by atoms with Gasteiger partial charge >= 0.3 is 0 Å². The van der Waals surface area contributed by atoms with E-state index in [0.717, 1.165) is 48.1 Å². The summed E-state index contributed by atoms with van der Waals surface area (Å²) < 4.78 is 14.0. The number of aryl methyl sites for hydroxylation is 1. The van der Waals surface area contributed by atoms with Crippen molar-refractivity contribution in [3.63, 3.8) is 0 Å². The number of anilines is 1. The molecule has 0 radical (unpaired) electrons. The van der Waals surface area contributed by atoms with Gasteiger partial charge in [-0.1, -0.05) is 25.5 Å². The molecule has 166 valence electrons. The number of aromatic amines is 1. The van der Waals surface area contributed by atoms with Crippen molar-refractivity contribution in [1.82, 2.24) is 14.9 Å². The fraction of sp³-hybridized carbons (Fsp3) is 0.360. The third kappa shape index (κ3) is 3.66. The number of benzene rings is 2. The van der Waals surface area contributed by atoms with Crippen molar-refractivity contribution < 1.29 is 9.50 Å². The third-order valence-electron chi connectivity index (χ3n) is 6.78. The Balaban J connectivity index is 1.36. The average Bonchev–Trinajstić information content (AvgIpc) is 3.30. The van der Waals surface area contributed by atoms with Gasteiger partial charge in [0, 0.05) is 30.9 Å². The van der Waals surface area contributed by atoms with Crippen LogP contribution in [0.5, 0.6) is 5.75 Å². The van der Waals surface area contributed by atoms with Gasteiger partial charge in [0.15, 0.2) is 17.4 Å². The van der Waals surface area contributed by atoms with Gasteiger partial charge in [-0.2, -0.15) is 0 Å². The van der Waals surface area contributed by atoms with Crippen LogP contribution in [-0.4, -0.2) is 32.2 Å². The van der Waals surface area contributed by atoms with E-state index in [-0.39, 0.29) is 11.5 Å². The minimum Gasteiger partial charge on any atom is -0.505 e. The lowest BCUT2D eigenvalue weighted by Gasteiger charge is -2.29. The molecule has 5 rings (SSSR count). The van der Waals surface area contributed by atoms with Crippen LogP contribution in [0, 0.1) is 17.1 Å². The van der Waals surface area contributed by atoms with E-state index in [0.29, 0.717) is 29.1 Å². The number of imidazole rings is 1. The van der Waals surface area contributed by atoms with E-state index in [4.69, 9.17) is 11.1 Å². The van der Waals surface area contributed by atoms with Crippen molar-refractivity contribution in [2.75, 3.05) is 12.3 Å². The van der Waals surface area contributed by atoms with Crippen LogP contribution < -0.4 is 5.73 Å². The van der Waals surface area contributed by atoms with E-state index in [1.807, 2.05) is 13.0 Å². The lowest BCUT2D eigenvalue weighted by Crippen LogP contribution is -2.29. The van der Waals surface area contributed by atoms with E-state index in [1.54, 1.807) is 12.1 Å². The van der Waals surface area contributed by atoms with Gasteiger partial charge in [0.05, 0.1) is 11.4 Å². The van der Waals surface area contributed by atoms with Crippen molar-refractivity contribution in [2.45, 2.75) is 45.7 Å². The molecule has 1 fully saturated rings. The van der Waals surface area contributed by atoms with Crippen LogP contribution in [0.1, 0.15) is 54.5 Å². The highest BCUT2D eigenvalue weighted by atomic mass is 19.1. The number of rotatable bonds is 6. The maximum Gasteiger partial charge on any atom is 0.165 e. The first kappa shape index (κ1) is 20.7. The van der Waals surface area contributed by atoms with Gasteiger partial charge < -0.3 is 15.8 Å². The first-order valence-corrected chi connectivity index (χ1v) is 11.2. The largest absolute Gasteiger partial charge is 0.505 e. The van der Waals surface area contributed by atoms with Crippen molar-refractivity contribution in [3.05, 3.63) is 64.5 Å². The van der Waals surface area contributed by atoms with Gasteiger partial charge in [0.1, 0.15) is 5.71 Å². The summed E-state index contributed by atoms with van der Waals surface area (Å²) in [6.45, 7) is 4.76. The third-order valence-corrected chi connectivity index (χ3v) is 6.78. The normalized spacial score (nSPS) is 16.2. The fourth-order valence-corrected chi connectivity index (χ4v) is 4.74. The highest BCUT2D eigenvalue weighted by Gasteiger charge is 2.28. The Labute approximate surface area is 186 Å². The number of halogens is 1. The second-order valence-corrected chi connectivity index (χ2v) is 8.97. The van der Waals surface area contributed by atoms with E-state index in [9.17, 15) is 9.50 Å². The minimum atomic E-state index is -0.663. The molecule has 0 bridgehead atoms.